The normalized spacial score (nSPS) is 20.7. The quantitative estimate of drug-likeness (QED) is 0.852. The Labute approximate surface area is 117 Å². The number of carbonyl (C=O) groups excluding carboxylic acids is 1. The zero-order valence-electron chi connectivity index (χ0n) is 11.6. The van der Waals surface area contributed by atoms with E-state index in [1.165, 1.54) is 0 Å². The third-order valence-electron chi connectivity index (χ3n) is 3.65. The summed E-state index contributed by atoms with van der Waals surface area (Å²) in [5.74, 6) is -0.709. The van der Waals surface area contributed by atoms with E-state index < -0.39 is 11.4 Å². The van der Waals surface area contributed by atoms with E-state index in [-0.39, 0.29) is 12.4 Å². The van der Waals surface area contributed by atoms with Crippen LogP contribution in [0.1, 0.15) is 31.4 Å². The number of carbonyl (C=O) groups is 2. The van der Waals surface area contributed by atoms with Crippen molar-refractivity contribution in [2.75, 3.05) is 13.2 Å². The lowest BCUT2D eigenvalue weighted by atomic mass is 9.77. The minimum Gasteiger partial charge on any atom is -0.493 e. The van der Waals surface area contributed by atoms with Gasteiger partial charge in [0.1, 0.15) is 5.75 Å². The largest absolute Gasteiger partial charge is 0.493 e. The molecule has 0 saturated carbocycles. The Morgan fingerprint density at radius 3 is 2.85 bits per heavy atom. The molecule has 0 fully saturated rings. The molecule has 20 heavy (non-hydrogen) atoms. The average molecular weight is 278 g/mol. The molecule has 1 aliphatic rings. The van der Waals surface area contributed by atoms with E-state index in [1.54, 1.807) is 32.0 Å². The molecule has 0 aliphatic carbocycles. The fraction of sp³-hybridized carbons (Fsp3) is 0.467. The number of ether oxygens (including phenoxy) is 2. The van der Waals surface area contributed by atoms with Crippen molar-refractivity contribution in [2.24, 2.45) is 0 Å². The SMILES string of the molecule is CCOC(=O)Cc1cccc2c1OCCC2(C)C(=O)O. The molecule has 1 unspecified atom stereocenters. The molecule has 1 N–H and O–H groups in total. The molecule has 0 amide bonds. The van der Waals surface area contributed by atoms with Gasteiger partial charge in [-0.3, -0.25) is 9.59 Å². The van der Waals surface area contributed by atoms with Crippen molar-refractivity contribution in [1.82, 2.24) is 0 Å². The molecule has 0 saturated heterocycles. The summed E-state index contributed by atoms with van der Waals surface area (Å²) in [6.45, 7) is 4.08. The minimum absolute atomic E-state index is 0.0900. The Morgan fingerprint density at radius 2 is 2.20 bits per heavy atom. The standard InChI is InChI=1S/C15H18O5/c1-3-19-12(16)9-10-5-4-6-11-13(10)20-8-7-15(11,2)14(17)18/h4-6H,3,7-9H2,1-2H3,(H,17,18). The van der Waals surface area contributed by atoms with Gasteiger partial charge in [0.05, 0.1) is 25.0 Å². The maximum absolute atomic E-state index is 11.6. The average Bonchev–Trinajstić information content (AvgIpc) is 2.40. The molecule has 0 radical (unpaired) electrons. The number of hydrogen-bond acceptors (Lipinski definition) is 4. The molecule has 0 bridgehead atoms. The maximum atomic E-state index is 11.6. The van der Waals surface area contributed by atoms with E-state index in [4.69, 9.17) is 9.47 Å². The second-order valence-corrected chi connectivity index (χ2v) is 5.01. The van der Waals surface area contributed by atoms with Crippen LogP contribution in [-0.4, -0.2) is 30.3 Å². The van der Waals surface area contributed by atoms with Crippen molar-refractivity contribution in [3.63, 3.8) is 0 Å². The molecule has 0 spiro atoms. The second kappa shape index (κ2) is 5.53. The van der Waals surface area contributed by atoms with Crippen LogP contribution >= 0.6 is 0 Å². The summed E-state index contributed by atoms with van der Waals surface area (Å²) in [5.41, 5.74) is 0.323. The highest BCUT2D eigenvalue weighted by molar-refractivity contribution is 5.83. The summed E-state index contributed by atoms with van der Waals surface area (Å²) in [6.07, 6.45) is 0.505. The lowest BCUT2D eigenvalue weighted by Crippen LogP contribution is -2.38. The zero-order valence-corrected chi connectivity index (χ0v) is 11.6. The van der Waals surface area contributed by atoms with Crippen LogP contribution in [0.5, 0.6) is 5.75 Å². The summed E-state index contributed by atoms with van der Waals surface area (Å²) in [4.78, 5) is 23.1. The number of fused-ring (bicyclic) bond motifs is 1. The second-order valence-electron chi connectivity index (χ2n) is 5.01. The number of aliphatic carboxylic acids is 1. The van der Waals surface area contributed by atoms with Crippen LogP contribution in [0.25, 0.3) is 0 Å². The van der Waals surface area contributed by atoms with Crippen molar-refractivity contribution in [3.8, 4) is 5.75 Å². The first-order valence-corrected chi connectivity index (χ1v) is 6.63. The van der Waals surface area contributed by atoms with Gasteiger partial charge < -0.3 is 14.6 Å². The lowest BCUT2D eigenvalue weighted by Gasteiger charge is -2.33. The fourth-order valence-electron chi connectivity index (χ4n) is 2.41. The highest BCUT2D eigenvalue weighted by Gasteiger charge is 2.41. The maximum Gasteiger partial charge on any atom is 0.314 e. The van der Waals surface area contributed by atoms with Crippen molar-refractivity contribution >= 4 is 11.9 Å². The van der Waals surface area contributed by atoms with Crippen molar-refractivity contribution in [2.45, 2.75) is 32.1 Å². The number of esters is 1. The van der Waals surface area contributed by atoms with Crippen molar-refractivity contribution < 1.29 is 24.2 Å². The van der Waals surface area contributed by atoms with E-state index in [0.717, 1.165) is 0 Å². The van der Waals surface area contributed by atoms with Crippen LogP contribution < -0.4 is 4.74 Å². The van der Waals surface area contributed by atoms with Gasteiger partial charge in [-0.05, 0) is 13.8 Å². The van der Waals surface area contributed by atoms with Gasteiger partial charge in [0.15, 0.2) is 0 Å². The Bertz CT molecular complexity index is 537. The number of carboxylic acids is 1. The lowest BCUT2D eigenvalue weighted by molar-refractivity contribution is -0.144. The van der Waals surface area contributed by atoms with Crippen LogP contribution in [0, 0.1) is 0 Å². The zero-order chi connectivity index (χ0) is 14.8. The van der Waals surface area contributed by atoms with Crippen LogP contribution in [0.3, 0.4) is 0 Å². The number of benzene rings is 1. The number of carboxylic acid groups (broad SMARTS) is 1. The van der Waals surface area contributed by atoms with Gasteiger partial charge in [0.2, 0.25) is 0 Å². The van der Waals surface area contributed by atoms with Gasteiger partial charge in [-0.25, -0.2) is 0 Å². The molecule has 1 aliphatic heterocycles. The monoisotopic (exact) mass is 278 g/mol. The third-order valence-corrected chi connectivity index (χ3v) is 3.65. The van der Waals surface area contributed by atoms with Gasteiger partial charge >= 0.3 is 11.9 Å². The van der Waals surface area contributed by atoms with Crippen LogP contribution in [0.4, 0.5) is 0 Å². The predicted octanol–water partition coefficient (Wildman–Crippen LogP) is 1.92. The topological polar surface area (TPSA) is 72.8 Å². The summed E-state index contributed by atoms with van der Waals surface area (Å²) in [5, 5.41) is 9.45. The molecular weight excluding hydrogens is 260 g/mol. The van der Waals surface area contributed by atoms with Crippen LogP contribution in [0.2, 0.25) is 0 Å². The van der Waals surface area contributed by atoms with Gasteiger partial charge in [-0.15, -0.1) is 0 Å². The minimum atomic E-state index is -0.974. The highest BCUT2D eigenvalue weighted by atomic mass is 16.5. The molecule has 5 nitrogen and oxygen atoms in total. The molecule has 1 heterocycles. The van der Waals surface area contributed by atoms with Gasteiger partial charge in [-0.1, -0.05) is 18.2 Å². The van der Waals surface area contributed by atoms with E-state index in [1.807, 2.05) is 0 Å². The first kappa shape index (κ1) is 14.4. The number of para-hydroxylation sites is 1. The van der Waals surface area contributed by atoms with Crippen LogP contribution in [-0.2, 0) is 26.2 Å². The Morgan fingerprint density at radius 1 is 1.45 bits per heavy atom. The van der Waals surface area contributed by atoms with E-state index in [0.29, 0.717) is 36.5 Å². The van der Waals surface area contributed by atoms with E-state index >= 15 is 0 Å². The summed E-state index contributed by atoms with van der Waals surface area (Å²) in [7, 11) is 0. The Kier molecular flexibility index (Phi) is 3.97. The summed E-state index contributed by atoms with van der Waals surface area (Å²) >= 11 is 0. The van der Waals surface area contributed by atoms with E-state index in [9.17, 15) is 14.7 Å². The molecule has 5 heteroatoms. The third kappa shape index (κ3) is 2.48. The van der Waals surface area contributed by atoms with Gasteiger partial charge in [0.25, 0.3) is 0 Å². The molecule has 1 atom stereocenters. The molecule has 2 rings (SSSR count). The smallest absolute Gasteiger partial charge is 0.314 e. The molecule has 1 aromatic carbocycles. The Balaban J connectivity index is 2.39. The molecular formula is C15H18O5. The van der Waals surface area contributed by atoms with E-state index in [2.05, 4.69) is 0 Å². The first-order valence-electron chi connectivity index (χ1n) is 6.63. The summed E-state index contributed by atoms with van der Waals surface area (Å²) in [6, 6.07) is 5.27. The summed E-state index contributed by atoms with van der Waals surface area (Å²) < 4.78 is 10.5. The number of hydrogen-bond donors (Lipinski definition) is 1. The van der Waals surface area contributed by atoms with Crippen LogP contribution in [0.15, 0.2) is 18.2 Å². The van der Waals surface area contributed by atoms with Crippen molar-refractivity contribution in [1.29, 1.82) is 0 Å². The van der Waals surface area contributed by atoms with Gasteiger partial charge in [-0.2, -0.15) is 0 Å². The highest BCUT2D eigenvalue weighted by Crippen LogP contribution is 2.41. The fourth-order valence-corrected chi connectivity index (χ4v) is 2.41. The molecule has 0 aromatic heterocycles. The number of rotatable bonds is 4. The van der Waals surface area contributed by atoms with Crippen molar-refractivity contribution in [3.05, 3.63) is 29.3 Å². The first-order chi connectivity index (χ1) is 9.49. The molecule has 108 valence electrons. The Hall–Kier alpha value is -2.04. The van der Waals surface area contributed by atoms with Gasteiger partial charge in [0, 0.05) is 17.5 Å². The molecule has 1 aromatic rings. The predicted molar refractivity (Wildman–Crippen MR) is 71.9 cm³/mol.